The largest absolute Gasteiger partial charge is 0.314 e. The van der Waals surface area contributed by atoms with Gasteiger partial charge in [-0.25, -0.2) is 9.67 Å². The van der Waals surface area contributed by atoms with Gasteiger partial charge in [-0.05, 0) is 31.2 Å². The highest BCUT2D eigenvalue weighted by Gasteiger charge is 2.26. The third kappa shape index (κ3) is 4.03. The molecule has 2 atom stereocenters. The van der Waals surface area contributed by atoms with E-state index in [-0.39, 0.29) is 0 Å². The summed E-state index contributed by atoms with van der Waals surface area (Å²) in [6.07, 6.45) is 8.16. The van der Waals surface area contributed by atoms with E-state index in [1.807, 2.05) is 0 Å². The molecule has 1 saturated carbocycles. The Morgan fingerprint density at radius 1 is 1.37 bits per heavy atom. The minimum Gasteiger partial charge on any atom is -0.314 e. The highest BCUT2D eigenvalue weighted by molar-refractivity contribution is 4.92. The molecule has 2 unspecified atom stereocenters. The molecule has 4 heteroatoms. The van der Waals surface area contributed by atoms with Crippen molar-refractivity contribution < 1.29 is 0 Å². The molecule has 4 nitrogen and oxygen atoms in total. The second-order valence-corrected chi connectivity index (χ2v) is 6.17. The number of hydrogen-bond acceptors (Lipinski definition) is 3. The molecular weight excluding hydrogens is 236 g/mol. The molecule has 1 fully saturated rings. The van der Waals surface area contributed by atoms with E-state index in [0.717, 1.165) is 25.4 Å². The fourth-order valence-corrected chi connectivity index (χ4v) is 3.16. The molecule has 19 heavy (non-hydrogen) atoms. The summed E-state index contributed by atoms with van der Waals surface area (Å²) in [5, 5.41) is 8.03. The highest BCUT2D eigenvalue weighted by Crippen LogP contribution is 2.27. The summed E-state index contributed by atoms with van der Waals surface area (Å²) in [4.78, 5) is 4.48. The van der Waals surface area contributed by atoms with Crippen molar-refractivity contribution in [3.05, 3.63) is 12.2 Å². The van der Waals surface area contributed by atoms with Gasteiger partial charge in [-0.2, -0.15) is 5.10 Å². The van der Waals surface area contributed by atoms with Gasteiger partial charge in [0.15, 0.2) is 0 Å². The molecule has 108 valence electrons. The Kier molecular flexibility index (Phi) is 5.37. The van der Waals surface area contributed by atoms with Crippen LogP contribution in [-0.2, 0) is 13.0 Å². The number of nitrogens with zero attached hydrogens (tertiary/aromatic N) is 3. The lowest BCUT2D eigenvalue weighted by Gasteiger charge is -2.32. The first-order valence-corrected chi connectivity index (χ1v) is 7.80. The molecule has 0 aromatic carbocycles. The minimum atomic E-state index is 0.622. The third-order valence-corrected chi connectivity index (χ3v) is 4.05. The van der Waals surface area contributed by atoms with Crippen molar-refractivity contribution in [3.8, 4) is 0 Å². The average molecular weight is 264 g/mol. The standard InChI is InChI=1S/C15H28N4/c1-4-16-14-8-6-5-7-13(14)9-15-17-11-18-19(15)10-12(2)3/h11-14,16H,4-10H2,1-3H3. The van der Waals surface area contributed by atoms with Gasteiger partial charge in [-0.3, -0.25) is 0 Å². The lowest BCUT2D eigenvalue weighted by atomic mass is 9.82. The Morgan fingerprint density at radius 3 is 2.89 bits per heavy atom. The van der Waals surface area contributed by atoms with E-state index in [4.69, 9.17) is 0 Å². The van der Waals surface area contributed by atoms with Crippen LogP contribution in [0.3, 0.4) is 0 Å². The van der Waals surface area contributed by atoms with Gasteiger partial charge in [0.05, 0.1) is 0 Å². The molecule has 0 saturated heterocycles. The van der Waals surface area contributed by atoms with E-state index in [9.17, 15) is 0 Å². The van der Waals surface area contributed by atoms with E-state index in [2.05, 4.69) is 40.9 Å². The van der Waals surface area contributed by atoms with Crippen LogP contribution >= 0.6 is 0 Å². The normalized spacial score (nSPS) is 24.0. The molecule has 0 radical (unpaired) electrons. The van der Waals surface area contributed by atoms with Crippen molar-refractivity contribution >= 4 is 0 Å². The molecule has 1 aliphatic carbocycles. The number of hydrogen-bond donors (Lipinski definition) is 1. The zero-order chi connectivity index (χ0) is 13.7. The molecule has 2 rings (SSSR count). The summed E-state index contributed by atoms with van der Waals surface area (Å²) in [6.45, 7) is 8.71. The van der Waals surface area contributed by atoms with Gasteiger partial charge in [0.1, 0.15) is 12.2 Å². The van der Waals surface area contributed by atoms with Crippen molar-refractivity contribution in [2.45, 2.75) is 65.5 Å². The fourth-order valence-electron chi connectivity index (χ4n) is 3.16. The lowest BCUT2D eigenvalue weighted by molar-refractivity contribution is 0.257. The average Bonchev–Trinajstić information content (AvgIpc) is 2.79. The van der Waals surface area contributed by atoms with Gasteiger partial charge >= 0.3 is 0 Å². The van der Waals surface area contributed by atoms with Crippen molar-refractivity contribution in [1.82, 2.24) is 20.1 Å². The first-order chi connectivity index (χ1) is 9.20. The summed E-state index contributed by atoms with van der Waals surface area (Å²) in [6, 6.07) is 0.669. The Bertz CT molecular complexity index is 370. The van der Waals surface area contributed by atoms with Crippen LogP contribution in [0, 0.1) is 11.8 Å². The van der Waals surface area contributed by atoms with Crippen molar-refractivity contribution in [2.24, 2.45) is 11.8 Å². The van der Waals surface area contributed by atoms with Gasteiger partial charge in [0.2, 0.25) is 0 Å². The predicted octanol–water partition coefficient (Wildman–Crippen LogP) is 2.64. The molecule has 1 aromatic rings. The second kappa shape index (κ2) is 7.04. The Morgan fingerprint density at radius 2 is 2.16 bits per heavy atom. The topological polar surface area (TPSA) is 42.7 Å². The Balaban J connectivity index is 2.00. The summed E-state index contributed by atoms with van der Waals surface area (Å²) < 4.78 is 2.10. The number of nitrogens with one attached hydrogen (secondary N) is 1. The van der Waals surface area contributed by atoms with Crippen LogP contribution in [0.1, 0.15) is 52.3 Å². The van der Waals surface area contributed by atoms with Crippen LogP contribution in [0.25, 0.3) is 0 Å². The van der Waals surface area contributed by atoms with Crippen LogP contribution in [-0.4, -0.2) is 27.4 Å². The van der Waals surface area contributed by atoms with Crippen LogP contribution in [0.5, 0.6) is 0 Å². The van der Waals surface area contributed by atoms with Crippen molar-refractivity contribution in [1.29, 1.82) is 0 Å². The SMILES string of the molecule is CCNC1CCCCC1Cc1ncnn1CC(C)C. The monoisotopic (exact) mass is 264 g/mol. The summed E-state index contributed by atoms with van der Waals surface area (Å²) >= 11 is 0. The van der Waals surface area contributed by atoms with Crippen molar-refractivity contribution in [3.63, 3.8) is 0 Å². The maximum atomic E-state index is 4.48. The number of rotatable bonds is 6. The lowest BCUT2D eigenvalue weighted by Crippen LogP contribution is -2.39. The van der Waals surface area contributed by atoms with Crippen LogP contribution in [0.15, 0.2) is 6.33 Å². The zero-order valence-electron chi connectivity index (χ0n) is 12.6. The molecule has 0 aliphatic heterocycles. The molecular formula is C15H28N4. The highest BCUT2D eigenvalue weighted by atomic mass is 15.3. The second-order valence-electron chi connectivity index (χ2n) is 6.17. The molecule has 1 heterocycles. The van der Waals surface area contributed by atoms with Gasteiger partial charge < -0.3 is 5.32 Å². The fraction of sp³-hybridized carbons (Fsp3) is 0.867. The molecule has 1 aliphatic rings. The van der Waals surface area contributed by atoms with Crippen LogP contribution in [0.4, 0.5) is 0 Å². The first kappa shape index (κ1) is 14.5. The molecule has 1 N–H and O–H groups in total. The Labute approximate surface area is 117 Å². The Hall–Kier alpha value is -0.900. The number of aromatic nitrogens is 3. The van der Waals surface area contributed by atoms with Gasteiger partial charge in [-0.1, -0.05) is 33.6 Å². The maximum absolute atomic E-state index is 4.48. The predicted molar refractivity (Wildman–Crippen MR) is 78.0 cm³/mol. The van der Waals surface area contributed by atoms with E-state index in [0.29, 0.717) is 12.0 Å². The third-order valence-electron chi connectivity index (χ3n) is 4.05. The quantitative estimate of drug-likeness (QED) is 0.859. The van der Waals surface area contributed by atoms with Gasteiger partial charge in [0, 0.05) is 19.0 Å². The van der Waals surface area contributed by atoms with E-state index in [1.165, 1.54) is 31.5 Å². The summed E-state index contributed by atoms with van der Waals surface area (Å²) in [5.41, 5.74) is 0. The maximum Gasteiger partial charge on any atom is 0.138 e. The van der Waals surface area contributed by atoms with Crippen molar-refractivity contribution in [2.75, 3.05) is 6.54 Å². The van der Waals surface area contributed by atoms with Crippen LogP contribution < -0.4 is 5.32 Å². The molecule has 0 spiro atoms. The molecule has 1 aromatic heterocycles. The van der Waals surface area contributed by atoms with E-state index < -0.39 is 0 Å². The molecule has 0 bridgehead atoms. The van der Waals surface area contributed by atoms with Gasteiger partial charge in [0.25, 0.3) is 0 Å². The van der Waals surface area contributed by atoms with E-state index in [1.54, 1.807) is 6.33 Å². The zero-order valence-corrected chi connectivity index (χ0v) is 12.6. The van der Waals surface area contributed by atoms with Crippen LogP contribution in [0.2, 0.25) is 0 Å². The smallest absolute Gasteiger partial charge is 0.138 e. The summed E-state index contributed by atoms with van der Waals surface area (Å²) in [5.74, 6) is 2.52. The van der Waals surface area contributed by atoms with Gasteiger partial charge in [-0.15, -0.1) is 0 Å². The molecule has 0 amide bonds. The summed E-state index contributed by atoms with van der Waals surface area (Å²) in [7, 11) is 0. The first-order valence-electron chi connectivity index (χ1n) is 7.80. The minimum absolute atomic E-state index is 0.622. The van der Waals surface area contributed by atoms with E-state index >= 15 is 0 Å².